The predicted octanol–water partition coefficient (Wildman–Crippen LogP) is 9.12. The van der Waals surface area contributed by atoms with Crippen molar-refractivity contribution in [2.45, 2.75) is 23.9 Å². The Bertz CT molecular complexity index is 2140. The highest BCUT2D eigenvalue weighted by molar-refractivity contribution is 6.31. The summed E-state index contributed by atoms with van der Waals surface area (Å²) in [5, 5.41) is 3.84. The van der Waals surface area contributed by atoms with Gasteiger partial charge >= 0.3 is 5.92 Å². The van der Waals surface area contributed by atoms with Crippen LogP contribution < -0.4 is 14.8 Å². The van der Waals surface area contributed by atoms with Gasteiger partial charge in [0.15, 0.2) is 17.7 Å². The van der Waals surface area contributed by atoms with Gasteiger partial charge in [0, 0.05) is 22.2 Å². The van der Waals surface area contributed by atoms with Gasteiger partial charge in [-0.2, -0.15) is 8.78 Å². The van der Waals surface area contributed by atoms with Crippen LogP contribution in [0.3, 0.4) is 0 Å². The van der Waals surface area contributed by atoms with Crippen LogP contribution in [0.2, 0.25) is 5.02 Å². The number of nitrogens with one attached hydrogen (secondary N) is 1. The SMILES string of the molecule is COc1ccc(C(NC2=NC(C)(c3cc(-c4nc5ccc(Cl)cc5o4)ccc3F)C(F)(F)CO2)(c2ccccc2)c2ccc(OC)cc2)cc1. The van der Waals surface area contributed by atoms with Crippen LogP contribution in [0.4, 0.5) is 13.2 Å². The number of rotatable bonds is 8. The third-order valence-electron chi connectivity index (χ3n) is 9.06. The zero-order chi connectivity index (χ0) is 35.1. The molecule has 0 radical (unpaired) electrons. The molecule has 1 aliphatic rings. The molecule has 7 rings (SSSR count). The number of methoxy groups -OCH3 is 2. The van der Waals surface area contributed by atoms with E-state index in [4.69, 9.17) is 30.2 Å². The van der Waals surface area contributed by atoms with E-state index < -0.39 is 29.4 Å². The summed E-state index contributed by atoms with van der Waals surface area (Å²) in [7, 11) is 3.14. The average Bonchev–Trinajstić information content (AvgIpc) is 3.56. The summed E-state index contributed by atoms with van der Waals surface area (Å²) in [6.45, 7) is 0.118. The second-order valence-electron chi connectivity index (χ2n) is 12.0. The number of aromatic nitrogens is 1. The quantitative estimate of drug-likeness (QED) is 0.160. The second-order valence-corrected chi connectivity index (χ2v) is 12.4. The monoisotopic (exact) mass is 697 g/mol. The first-order valence-electron chi connectivity index (χ1n) is 15.7. The summed E-state index contributed by atoms with van der Waals surface area (Å²) in [4.78, 5) is 8.95. The number of alkyl halides is 2. The molecule has 7 nitrogen and oxygen atoms in total. The molecule has 5 aromatic carbocycles. The Kier molecular flexibility index (Phi) is 8.43. The first-order valence-corrected chi connectivity index (χ1v) is 16.0. The topological polar surface area (TPSA) is 78.1 Å². The molecule has 2 heterocycles. The van der Waals surface area contributed by atoms with E-state index in [0.717, 1.165) is 22.8 Å². The van der Waals surface area contributed by atoms with E-state index in [9.17, 15) is 0 Å². The molecule has 11 heteroatoms. The number of halogens is 4. The zero-order valence-corrected chi connectivity index (χ0v) is 28.0. The maximum absolute atomic E-state index is 16.1. The molecule has 50 heavy (non-hydrogen) atoms. The maximum atomic E-state index is 16.1. The fraction of sp³-hybridized carbons (Fsp3) is 0.179. The molecule has 0 fully saturated rings. The van der Waals surface area contributed by atoms with Gasteiger partial charge in [0.2, 0.25) is 5.89 Å². The molecule has 1 atom stereocenters. The minimum Gasteiger partial charge on any atom is -0.497 e. The lowest BCUT2D eigenvalue weighted by atomic mass is 9.77. The van der Waals surface area contributed by atoms with Crippen molar-refractivity contribution >= 4 is 28.7 Å². The van der Waals surface area contributed by atoms with Gasteiger partial charge in [0.1, 0.15) is 28.4 Å². The van der Waals surface area contributed by atoms with Crippen molar-refractivity contribution in [3.8, 4) is 23.0 Å². The molecule has 1 unspecified atom stereocenters. The Hall–Kier alpha value is -5.48. The van der Waals surface area contributed by atoms with E-state index in [1.54, 1.807) is 56.7 Å². The number of fused-ring (bicyclic) bond motifs is 1. The molecule has 0 spiro atoms. The highest BCUT2D eigenvalue weighted by atomic mass is 35.5. The fourth-order valence-electron chi connectivity index (χ4n) is 6.24. The molecule has 0 saturated carbocycles. The van der Waals surface area contributed by atoms with Crippen molar-refractivity contribution in [2.24, 2.45) is 4.99 Å². The minimum atomic E-state index is -3.62. The molecule has 1 N–H and O–H groups in total. The number of hydrogen-bond donors (Lipinski definition) is 1. The van der Waals surface area contributed by atoms with Crippen molar-refractivity contribution in [3.05, 3.63) is 148 Å². The van der Waals surface area contributed by atoms with E-state index in [-0.39, 0.29) is 23.0 Å². The molecular formula is C39H31ClF3N3O4. The van der Waals surface area contributed by atoms with Crippen LogP contribution in [0.15, 0.2) is 125 Å². The molecule has 0 saturated heterocycles. The van der Waals surface area contributed by atoms with E-state index in [1.807, 2.05) is 54.6 Å². The Morgan fingerprint density at radius 2 is 1.42 bits per heavy atom. The fourth-order valence-corrected chi connectivity index (χ4v) is 6.40. The average molecular weight is 698 g/mol. The van der Waals surface area contributed by atoms with E-state index in [0.29, 0.717) is 27.6 Å². The number of nitrogens with zero attached hydrogens (tertiary/aromatic N) is 2. The third kappa shape index (κ3) is 5.69. The molecule has 0 bridgehead atoms. The van der Waals surface area contributed by atoms with Gasteiger partial charge in [-0.25, -0.2) is 14.4 Å². The van der Waals surface area contributed by atoms with Crippen LogP contribution in [-0.2, 0) is 15.8 Å². The zero-order valence-electron chi connectivity index (χ0n) is 27.2. The minimum absolute atomic E-state index is 0.118. The summed E-state index contributed by atoms with van der Waals surface area (Å²) in [6, 6.07) is 32.7. The first-order chi connectivity index (χ1) is 24.1. The molecule has 1 aromatic heterocycles. The largest absolute Gasteiger partial charge is 0.497 e. The van der Waals surface area contributed by atoms with Crippen LogP contribution >= 0.6 is 11.6 Å². The molecule has 0 aliphatic carbocycles. The van der Waals surface area contributed by atoms with E-state index in [1.165, 1.54) is 19.1 Å². The van der Waals surface area contributed by atoms with E-state index >= 15 is 13.2 Å². The van der Waals surface area contributed by atoms with Crippen molar-refractivity contribution in [1.29, 1.82) is 0 Å². The van der Waals surface area contributed by atoms with Crippen LogP contribution in [0, 0.1) is 5.82 Å². The Morgan fingerprint density at radius 3 is 2.04 bits per heavy atom. The van der Waals surface area contributed by atoms with Crippen molar-refractivity contribution < 1.29 is 31.8 Å². The van der Waals surface area contributed by atoms with Gasteiger partial charge in [-0.1, -0.05) is 66.2 Å². The number of ether oxygens (including phenoxy) is 3. The molecule has 6 aromatic rings. The van der Waals surface area contributed by atoms with Gasteiger partial charge < -0.3 is 23.9 Å². The van der Waals surface area contributed by atoms with Gasteiger partial charge in [-0.3, -0.25) is 0 Å². The summed E-state index contributed by atoms with van der Waals surface area (Å²) in [6.07, 6.45) is 0. The summed E-state index contributed by atoms with van der Waals surface area (Å²) >= 11 is 6.11. The second kappa shape index (κ2) is 12.8. The van der Waals surface area contributed by atoms with Crippen LogP contribution in [0.5, 0.6) is 11.5 Å². The lowest BCUT2D eigenvalue weighted by Crippen LogP contribution is -2.56. The first kappa shape index (κ1) is 33.0. The van der Waals surface area contributed by atoms with E-state index in [2.05, 4.69) is 15.3 Å². The molecule has 254 valence electrons. The molecule has 0 amide bonds. The van der Waals surface area contributed by atoms with Gasteiger partial charge in [-0.15, -0.1) is 0 Å². The van der Waals surface area contributed by atoms with Crippen molar-refractivity contribution in [1.82, 2.24) is 10.3 Å². The van der Waals surface area contributed by atoms with Crippen LogP contribution in [0.25, 0.3) is 22.6 Å². The number of amidine groups is 1. The standard InChI is InChI=1S/C39H31ClF3N3O4/c1-37(31-21-24(9-19-32(31)41)35-44-33-20-14-28(40)22-34(33)50-35)38(42,43)23-49-36(45-37)46-39(25-7-5-4-6-8-25,26-10-15-29(47-2)16-11-26)27-12-17-30(48-3)18-13-27/h4-22H,23H2,1-3H3,(H,45,46). The lowest BCUT2D eigenvalue weighted by molar-refractivity contribution is -0.118. The smallest absolute Gasteiger partial charge is 0.310 e. The number of aliphatic imine (C=N–C) groups is 1. The Balaban J connectivity index is 1.39. The lowest BCUT2D eigenvalue weighted by Gasteiger charge is -2.42. The van der Waals surface area contributed by atoms with Crippen molar-refractivity contribution in [2.75, 3.05) is 20.8 Å². The van der Waals surface area contributed by atoms with Gasteiger partial charge in [0.25, 0.3) is 6.02 Å². The summed E-state index contributed by atoms with van der Waals surface area (Å²) < 4.78 is 70.4. The Morgan fingerprint density at radius 1 is 0.800 bits per heavy atom. The van der Waals surface area contributed by atoms with Crippen LogP contribution in [-0.4, -0.2) is 37.8 Å². The third-order valence-corrected chi connectivity index (χ3v) is 9.30. The van der Waals surface area contributed by atoms with Crippen LogP contribution in [0.1, 0.15) is 29.2 Å². The van der Waals surface area contributed by atoms with Crippen molar-refractivity contribution in [3.63, 3.8) is 0 Å². The number of oxazole rings is 1. The maximum Gasteiger partial charge on any atom is 0.310 e. The molecule has 1 aliphatic heterocycles. The number of benzene rings is 5. The molecular weight excluding hydrogens is 667 g/mol. The predicted molar refractivity (Wildman–Crippen MR) is 186 cm³/mol. The number of hydrogen-bond acceptors (Lipinski definition) is 7. The normalized spacial score (nSPS) is 17.1. The highest BCUT2D eigenvalue weighted by Gasteiger charge is 2.57. The summed E-state index contributed by atoms with van der Waals surface area (Å²) in [5.41, 5.74) is -0.592. The Labute approximate surface area is 291 Å². The van der Waals surface area contributed by atoms with Gasteiger partial charge in [0.05, 0.1) is 14.2 Å². The highest BCUT2D eigenvalue weighted by Crippen LogP contribution is 2.47. The summed E-state index contributed by atoms with van der Waals surface area (Å²) in [5.74, 6) is -3.13. The van der Waals surface area contributed by atoms with Gasteiger partial charge in [-0.05, 0) is 78.2 Å².